The number of ether oxygens (including phenoxy) is 2. The van der Waals surface area contributed by atoms with Crippen LogP contribution in [0.3, 0.4) is 0 Å². The zero-order valence-electron chi connectivity index (χ0n) is 12.6. The largest absolute Gasteiger partial charge is 0.382 e. The van der Waals surface area contributed by atoms with Crippen molar-refractivity contribution in [2.24, 2.45) is 0 Å². The standard InChI is InChI=1S/C13H26N2O5S/c1-19-7-8-20-6-3-2-4-15-13(16)10-12-11-21(17,18)9-5-14-12/h12,14H,2-11H2,1H3,(H,15,16). The summed E-state index contributed by atoms with van der Waals surface area (Å²) in [5.74, 6) is 0.104. The molecule has 1 saturated heterocycles. The van der Waals surface area contributed by atoms with E-state index >= 15 is 0 Å². The molecule has 21 heavy (non-hydrogen) atoms. The van der Waals surface area contributed by atoms with Gasteiger partial charge in [0.25, 0.3) is 0 Å². The number of hydrogen-bond donors (Lipinski definition) is 2. The van der Waals surface area contributed by atoms with Gasteiger partial charge in [-0.3, -0.25) is 4.79 Å². The average Bonchev–Trinajstić information content (AvgIpc) is 2.40. The average molecular weight is 322 g/mol. The number of carbonyl (C=O) groups is 1. The third-order valence-corrected chi connectivity index (χ3v) is 4.94. The fourth-order valence-corrected chi connectivity index (χ4v) is 3.54. The van der Waals surface area contributed by atoms with Gasteiger partial charge in [-0.15, -0.1) is 0 Å². The number of amides is 1. The van der Waals surface area contributed by atoms with Crippen LogP contribution < -0.4 is 10.6 Å². The summed E-state index contributed by atoms with van der Waals surface area (Å²) in [7, 11) is -1.36. The molecule has 1 fully saturated rings. The second-order valence-corrected chi connectivity index (χ2v) is 7.36. The van der Waals surface area contributed by atoms with Gasteiger partial charge < -0.3 is 20.1 Å². The highest BCUT2D eigenvalue weighted by atomic mass is 32.2. The van der Waals surface area contributed by atoms with E-state index in [9.17, 15) is 13.2 Å². The topological polar surface area (TPSA) is 93.7 Å². The lowest BCUT2D eigenvalue weighted by Crippen LogP contribution is -2.47. The van der Waals surface area contributed by atoms with Crippen LogP contribution in [-0.2, 0) is 24.1 Å². The first-order chi connectivity index (χ1) is 10.0. The number of unbranched alkanes of at least 4 members (excludes halogenated alkanes) is 1. The van der Waals surface area contributed by atoms with Gasteiger partial charge >= 0.3 is 0 Å². The van der Waals surface area contributed by atoms with Crippen molar-refractivity contribution in [1.29, 1.82) is 0 Å². The highest BCUT2D eigenvalue weighted by Gasteiger charge is 2.25. The van der Waals surface area contributed by atoms with Crippen LogP contribution in [-0.4, -0.2) is 71.9 Å². The van der Waals surface area contributed by atoms with Crippen molar-refractivity contribution >= 4 is 15.7 Å². The Morgan fingerprint density at radius 3 is 2.81 bits per heavy atom. The molecule has 124 valence electrons. The Morgan fingerprint density at radius 2 is 2.10 bits per heavy atom. The summed E-state index contributed by atoms with van der Waals surface area (Å²) < 4.78 is 33.1. The molecule has 1 aliphatic rings. The van der Waals surface area contributed by atoms with Gasteiger partial charge in [0.1, 0.15) is 0 Å². The first-order valence-electron chi connectivity index (χ1n) is 7.30. The van der Waals surface area contributed by atoms with Crippen LogP contribution in [0.25, 0.3) is 0 Å². The van der Waals surface area contributed by atoms with Crippen LogP contribution >= 0.6 is 0 Å². The molecule has 1 heterocycles. The predicted octanol–water partition coefficient (Wildman–Crippen LogP) is -0.677. The van der Waals surface area contributed by atoms with E-state index in [1.165, 1.54) is 0 Å². The summed E-state index contributed by atoms with van der Waals surface area (Å²) in [6, 6.07) is -0.263. The first-order valence-corrected chi connectivity index (χ1v) is 9.13. The molecule has 1 atom stereocenters. The smallest absolute Gasteiger partial charge is 0.221 e. The van der Waals surface area contributed by atoms with Gasteiger partial charge in [-0.1, -0.05) is 0 Å². The molecule has 2 N–H and O–H groups in total. The van der Waals surface area contributed by atoms with Crippen molar-refractivity contribution in [3.63, 3.8) is 0 Å². The number of hydrogen-bond acceptors (Lipinski definition) is 6. The zero-order valence-corrected chi connectivity index (χ0v) is 13.4. The molecular weight excluding hydrogens is 296 g/mol. The third-order valence-electron chi connectivity index (χ3n) is 3.20. The lowest BCUT2D eigenvalue weighted by atomic mass is 10.2. The van der Waals surface area contributed by atoms with Crippen molar-refractivity contribution < 1.29 is 22.7 Å². The monoisotopic (exact) mass is 322 g/mol. The SMILES string of the molecule is COCCOCCCCNC(=O)CC1CS(=O)(=O)CCN1. The van der Waals surface area contributed by atoms with Crippen molar-refractivity contribution in [1.82, 2.24) is 10.6 Å². The fourth-order valence-electron chi connectivity index (χ4n) is 2.10. The Morgan fingerprint density at radius 1 is 1.29 bits per heavy atom. The van der Waals surface area contributed by atoms with E-state index in [1.807, 2.05) is 0 Å². The van der Waals surface area contributed by atoms with Crippen molar-refractivity contribution in [2.45, 2.75) is 25.3 Å². The molecular formula is C13H26N2O5S. The van der Waals surface area contributed by atoms with Gasteiger partial charge in [0.2, 0.25) is 5.91 Å². The molecule has 1 unspecified atom stereocenters. The van der Waals surface area contributed by atoms with Crippen molar-refractivity contribution in [3.8, 4) is 0 Å². The number of carbonyl (C=O) groups excluding carboxylic acids is 1. The minimum Gasteiger partial charge on any atom is -0.382 e. The summed E-state index contributed by atoms with van der Waals surface area (Å²) in [6.07, 6.45) is 1.93. The minimum absolute atomic E-state index is 0.0494. The van der Waals surface area contributed by atoms with E-state index in [1.54, 1.807) is 7.11 Å². The van der Waals surface area contributed by atoms with Gasteiger partial charge in [0.05, 0.1) is 24.7 Å². The molecule has 1 rings (SSSR count). The van der Waals surface area contributed by atoms with Crippen molar-refractivity contribution in [2.75, 3.05) is 51.5 Å². The Kier molecular flexibility index (Phi) is 8.82. The summed E-state index contributed by atoms with van der Waals surface area (Å²) in [5.41, 5.74) is 0. The van der Waals surface area contributed by atoms with E-state index in [-0.39, 0.29) is 29.9 Å². The molecule has 0 saturated carbocycles. The van der Waals surface area contributed by atoms with Crippen LogP contribution in [0.5, 0.6) is 0 Å². The van der Waals surface area contributed by atoms with E-state index in [0.717, 1.165) is 12.8 Å². The predicted molar refractivity (Wildman–Crippen MR) is 80.0 cm³/mol. The summed E-state index contributed by atoms with van der Waals surface area (Å²) in [6.45, 7) is 2.85. The molecule has 1 amide bonds. The second-order valence-electron chi connectivity index (χ2n) is 5.13. The van der Waals surface area contributed by atoms with E-state index < -0.39 is 9.84 Å². The first kappa shape index (κ1) is 18.3. The molecule has 7 nitrogen and oxygen atoms in total. The van der Waals surface area contributed by atoms with Gasteiger partial charge in [0, 0.05) is 39.3 Å². The second kappa shape index (κ2) is 10.1. The fraction of sp³-hybridized carbons (Fsp3) is 0.923. The lowest BCUT2D eigenvalue weighted by Gasteiger charge is -2.23. The van der Waals surface area contributed by atoms with Gasteiger partial charge in [0.15, 0.2) is 9.84 Å². The number of rotatable bonds is 10. The highest BCUT2D eigenvalue weighted by Crippen LogP contribution is 2.04. The molecule has 0 aromatic rings. The van der Waals surface area contributed by atoms with E-state index in [4.69, 9.17) is 9.47 Å². The van der Waals surface area contributed by atoms with Gasteiger partial charge in [-0.2, -0.15) is 0 Å². The lowest BCUT2D eigenvalue weighted by molar-refractivity contribution is -0.121. The summed E-state index contributed by atoms with van der Waals surface area (Å²) in [5, 5.41) is 5.87. The number of nitrogens with one attached hydrogen (secondary N) is 2. The van der Waals surface area contributed by atoms with Gasteiger partial charge in [-0.25, -0.2) is 8.42 Å². The van der Waals surface area contributed by atoms with Crippen LogP contribution in [0.15, 0.2) is 0 Å². The van der Waals surface area contributed by atoms with E-state index in [2.05, 4.69) is 10.6 Å². The summed E-state index contributed by atoms with van der Waals surface area (Å²) >= 11 is 0. The maximum Gasteiger partial charge on any atom is 0.221 e. The number of methoxy groups -OCH3 is 1. The minimum atomic E-state index is -2.99. The maximum absolute atomic E-state index is 11.7. The van der Waals surface area contributed by atoms with Crippen LogP contribution in [0.2, 0.25) is 0 Å². The summed E-state index contributed by atoms with van der Waals surface area (Å²) in [4.78, 5) is 11.7. The van der Waals surface area contributed by atoms with Gasteiger partial charge in [-0.05, 0) is 12.8 Å². The zero-order chi connectivity index (χ0) is 15.6. The van der Waals surface area contributed by atoms with Crippen LogP contribution in [0, 0.1) is 0 Å². The highest BCUT2D eigenvalue weighted by molar-refractivity contribution is 7.91. The normalized spacial score (nSPS) is 21.1. The molecule has 0 aromatic heterocycles. The molecule has 8 heteroatoms. The molecule has 0 aliphatic carbocycles. The van der Waals surface area contributed by atoms with Crippen LogP contribution in [0.1, 0.15) is 19.3 Å². The van der Waals surface area contributed by atoms with Crippen molar-refractivity contribution in [3.05, 3.63) is 0 Å². The molecule has 0 bridgehead atoms. The molecule has 0 spiro atoms. The molecule has 0 aromatic carbocycles. The Hall–Kier alpha value is -0.700. The maximum atomic E-state index is 11.7. The Bertz CT molecular complexity index is 399. The van der Waals surface area contributed by atoms with E-state index in [0.29, 0.717) is 32.9 Å². The molecule has 0 radical (unpaired) electrons. The van der Waals surface area contributed by atoms with Crippen LogP contribution in [0.4, 0.5) is 0 Å². The Labute approximate surface area is 126 Å². The Balaban J connectivity index is 2.01. The number of sulfone groups is 1. The quantitative estimate of drug-likeness (QED) is 0.518. The third kappa shape index (κ3) is 9.02. The molecule has 1 aliphatic heterocycles.